The first kappa shape index (κ1) is 26.7. The summed E-state index contributed by atoms with van der Waals surface area (Å²) in [6.45, 7) is 3.53. The number of nitriles is 1. The van der Waals surface area contributed by atoms with Crippen molar-refractivity contribution in [2.45, 2.75) is 38.6 Å². The van der Waals surface area contributed by atoms with Gasteiger partial charge in [0.15, 0.2) is 5.01 Å². The summed E-state index contributed by atoms with van der Waals surface area (Å²) in [5.41, 5.74) is -0.365. The number of aromatic nitrogens is 1. The summed E-state index contributed by atoms with van der Waals surface area (Å²) < 4.78 is 47.0. The second-order valence-electron chi connectivity index (χ2n) is 8.69. The molecule has 7 nitrogen and oxygen atoms in total. The molecule has 1 atom stereocenters. The number of ether oxygens (including phenoxy) is 1. The van der Waals surface area contributed by atoms with Gasteiger partial charge in [0.2, 0.25) is 5.91 Å². The number of alkyl halides is 3. The van der Waals surface area contributed by atoms with Crippen molar-refractivity contribution < 1.29 is 27.5 Å². The first-order valence-corrected chi connectivity index (χ1v) is 12.4. The molecule has 0 aliphatic carbocycles. The molecule has 11 heteroatoms. The maximum atomic E-state index is 13.8. The summed E-state index contributed by atoms with van der Waals surface area (Å²) in [4.78, 5) is 33.8. The summed E-state index contributed by atoms with van der Waals surface area (Å²) in [5, 5.41) is 10.7. The molecule has 0 bridgehead atoms. The lowest BCUT2D eigenvalue weighted by Crippen LogP contribution is -2.46. The third kappa shape index (κ3) is 5.48. The molecule has 0 N–H and O–H groups in total. The highest BCUT2D eigenvalue weighted by Crippen LogP contribution is 2.38. The highest BCUT2D eigenvalue weighted by Gasteiger charge is 2.42. The minimum atomic E-state index is -4.73. The fourth-order valence-corrected chi connectivity index (χ4v) is 4.70. The Morgan fingerprint density at radius 1 is 1.26 bits per heavy atom. The van der Waals surface area contributed by atoms with E-state index in [-0.39, 0.29) is 35.1 Å². The number of terminal acetylenes is 1. The van der Waals surface area contributed by atoms with Gasteiger partial charge in [0, 0.05) is 29.4 Å². The summed E-state index contributed by atoms with van der Waals surface area (Å²) in [5.74, 6) is 0.976. The number of halogens is 3. The van der Waals surface area contributed by atoms with Gasteiger partial charge in [-0.25, -0.2) is 4.98 Å². The van der Waals surface area contributed by atoms with Gasteiger partial charge in [-0.15, -0.1) is 17.8 Å². The number of rotatable bonds is 6. The van der Waals surface area contributed by atoms with Crippen molar-refractivity contribution in [1.29, 1.82) is 5.26 Å². The van der Waals surface area contributed by atoms with Gasteiger partial charge in [-0.3, -0.25) is 14.5 Å². The first-order valence-electron chi connectivity index (χ1n) is 11.5. The summed E-state index contributed by atoms with van der Waals surface area (Å²) in [6, 6.07) is 10.2. The van der Waals surface area contributed by atoms with E-state index in [1.54, 1.807) is 38.1 Å². The van der Waals surface area contributed by atoms with Gasteiger partial charge in [-0.05, 0) is 62.6 Å². The van der Waals surface area contributed by atoms with Crippen LogP contribution in [0.5, 0.6) is 5.75 Å². The quantitative estimate of drug-likeness (QED) is 0.400. The van der Waals surface area contributed by atoms with E-state index in [1.807, 2.05) is 6.07 Å². The molecule has 2 amide bonds. The molecule has 0 spiro atoms. The average molecular weight is 539 g/mol. The van der Waals surface area contributed by atoms with Gasteiger partial charge < -0.3 is 9.64 Å². The van der Waals surface area contributed by atoms with Crippen molar-refractivity contribution in [3.05, 3.63) is 69.7 Å². The Bertz CT molecular complexity index is 1450. The largest absolute Gasteiger partial charge is 0.491 e. The number of hydrogen-bond acceptors (Lipinski definition) is 6. The number of anilines is 2. The monoisotopic (exact) mass is 538 g/mol. The van der Waals surface area contributed by atoms with Crippen molar-refractivity contribution >= 4 is 34.5 Å². The molecule has 2 aromatic carbocycles. The standard InChI is InChI=1S/C27H21F3N4O3S/c1-4-24-32-22(15-38-24)25(35)34(20-11-18(27(28,29)30)12-21(13-20)37-16(2)3)23-9-10-33(26(23)36)19-7-5-17(14-31)6-8-19/h1,5-8,11-13,15-16,23H,9-10H2,2-3H3. The number of carbonyl (C=O) groups excluding carboxylic acids is 2. The molecular weight excluding hydrogens is 517 g/mol. The normalized spacial score (nSPS) is 15.3. The molecular formula is C27H21F3N4O3S. The molecule has 1 fully saturated rings. The molecule has 1 aliphatic heterocycles. The lowest BCUT2D eigenvalue weighted by molar-refractivity contribution is -0.137. The molecule has 1 aromatic heterocycles. The number of hydrogen-bond donors (Lipinski definition) is 0. The number of carbonyl (C=O) groups is 2. The molecule has 194 valence electrons. The van der Waals surface area contributed by atoms with Crippen molar-refractivity contribution in [3.8, 4) is 24.2 Å². The van der Waals surface area contributed by atoms with Crippen LogP contribution >= 0.6 is 11.3 Å². The maximum Gasteiger partial charge on any atom is 0.416 e. The summed E-state index contributed by atoms with van der Waals surface area (Å²) in [6.07, 6.45) is 0.360. The Morgan fingerprint density at radius 2 is 1.97 bits per heavy atom. The van der Waals surface area contributed by atoms with E-state index in [0.29, 0.717) is 11.3 Å². The lowest BCUT2D eigenvalue weighted by atomic mass is 10.1. The number of amides is 2. The van der Waals surface area contributed by atoms with Crippen molar-refractivity contribution in [2.75, 3.05) is 16.3 Å². The molecule has 3 aromatic rings. The van der Waals surface area contributed by atoms with Gasteiger partial charge in [0.05, 0.1) is 23.3 Å². The van der Waals surface area contributed by atoms with E-state index in [1.165, 1.54) is 16.3 Å². The minimum Gasteiger partial charge on any atom is -0.491 e. The zero-order valence-electron chi connectivity index (χ0n) is 20.3. The van der Waals surface area contributed by atoms with Crippen LogP contribution in [0.1, 0.15) is 46.9 Å². The predicted octanol–water partition coefficient (Wildman–Crippen LogP) is 5.25. The molecule has 2 heterocycles. The minimum absolute atomic E-state index is 0.0867. The second kappa shape index (κ2) is 10.6. The molecule has 1 unspecified atom stereocenters. The van der Waals surface area contributed by atoms with E-state index < -0.39 is 35.7 Å². The first-order chi connectivity index (χ1) is 18.0. The summed E-state index contributed by atoms with van der Waals surface area (Å²) in [7, 11) is 0. The zero-order valence-corrected chi connectivity index (χ0v) is 21.1. The average Bonchev–Trinajstić information content (AvgIpc) is 3.50. The Balaban J connectivity index is 1.81. The molecule has 4 rings (SSSR count). The van der Waals surface area contributed by atoms with Crippen LogP contribution in [0.15, 0.2) is 47.8 Å². The predicted molar refractivity (Wildman–Crippen MR) is 136 cm³/mol. The van der Waals surface area contributed by atoms with Crippen LogP contribution < -0.4 is 14.5 Å². The molecule has 0 radical (unpaired) electrons. The van der Waals surface area contributed by atoms with Crippen LogP contribution in [0.3, 0.4) is 0 Å². The molecule has 38 heavy (non-hydrogen) atoms. The Labute approximate surface area is 221 Å². The van der Waals surface area contributed by atoms with Crippen LogP contribution in [-0.2, 0) is 11.0 Å². The van der Waals surface area contributed by atoms with Gasteiger partial charge in [-0.1, -0.05) is 0 Å². The SMILES string of the molecule is C#Cc1nc(C(=O)N(c2cc(OC(C)C)cc(C(F)(F)F)c2)C2CCN(c3ccc(C#N)cc3)C2=O)cs1. The third-order valence-corrected chi connectivity index (χ3v) is 6.50. The number of benzene rings is 2. The van der Waals surface area contributed by atoms with E-state index >= 15 is 0 Å². The fourth-order valence-electron chi connectivity index (χ4n) is 4.10. The smallest absolute Gasteiger partial charge is 0.416 e. The fraction of sp³-hybridized carbons (Fsp3) is 0.259. The Morgan fingerprint density at radius 3 is 2.55 bits per heavy atom. The van der Waals surface area contributed by atoms with Gasteiger partial charge in [0.25, 0.3) is 5.91 Å². The zero-order chi connectivity index (χ0) is 27.6. The van der Waals surface area contributed by atoms with Crippen molar-refractivity contribution in [1.82, 2.24) is 4.98 Å². The van der Waals surface area contributed by atoms with Gasteiger partial charge in [-0.2, -0.15) is 18.4 Å². The van der Waals surface area contributed by atoms with E-state index in [2.05, 4.69) is 10.9 Å². The Hall–Kier alpha value is -4.35. The van der Waals surface area contributed by atoms with Crippen LogP contribution in [0.4, 0.5) is 24.5 Å². The Kier molecular flexibility index (Phi) is 7.42. The highest BCUT2D eigenvalue weighted by atomic mass is 32.1. The maximum absolute atomic E-state index is 13.8. The molecule has 1 aliphatic rings. The van der Waals surface area contributed by atoms with E-state index in [9.17, 15) is 22.8 Å². The van der Waals surface area contributed by atoms with Crippen LogP contribution in [0, 0.1) is 23.7 Å². The van der Waals surface area contributed by atoms with Crippen LogP contribution in [0.25, 0.3) is 0 Å². The topological polar surface area (TPSA) is 86.5 Å². The van der Waals surface area contributed by atoms with Gasteiger partial charge in [0.1, 0.15) is 17.5 Å². The van der Waals surface area contributed by atoms with E-state index in [0.717, 1.165) is 28.4 Å². The number of thiazole rings is 1. The second-order valence-corrected chi connectivity index (χ2v) is 9.55. The molecule has 1 saturated heterocycles. The van der Waals surface area contributed by atoms with Gasteiger partial charge >= 0.3 is 6.18 Å². The van der Waals surface area contributed by atoms with E-state index in [4.69, 9.17) is 16.4 Å². The third-order valence-electron chi connectivity index (χ3n) is 5.73. The van der Waals surface area contributed by atoms with Crippen LogP contribution in [0.2, 0.25) is 0 Å². The molecule has 0 saturated carbocycles. The summed E-state index contributed by atoms with van der Waals surface area (Å²) >= 11 is 1.03. The van der Waals surface area contributed by atoms with Crippen molar-refractivity contribution in [3.63, 3.8) is 0 Å². The van der Waals surface area contributed by atoms with Crippen LogP contribution in [-0.4, -0.2) is 35.5 Å². The number of nitrogens with zero attached hydrogens (tertiary/aromatic N) is 4. The highest BCUT2D eigenvalue weighted by molar-refractivity contribution is 7.10. The van der Waals surface area contributed by atoms with Crippen molar-refractivity contribution in [2.24, 2.45) is 0 Å². The lowest BCUT2D eigenvalue weighted by Gasteiger charge is -2.29.